The van der Waals surface area contributed by atoms with E-state index in [1.165, 1.54) is 13.0 Å². The summed E-state index contributed by atoms with van der Waals surface area (Å²) in [5.41, 5.74) is 6.04. The molecule has 0 fully saturated rings. The summed E-state index contributed by atoms with van der Waals surface area (Å²) in [6, 6.07) is 40.3. The van der Waals surface area contributed by atoms with Gasteiger partial charge in [-0.25, -0.2) is 29.3 Å². The molecule has 56 heavy (non-hydrogen) atoms. The molecule has 0 aliphatic carbocycles. The van der Waals surface area contributed by atoms with Gasteiger partial charge in [0.05, 0.1) is 5.56 Å². The maximum Gasteiger partial charge on any atom is 0.347 e. The Labute approximate surface area is 323 Å². The number of carbonyl (C=O) groups is 3. The summed E-state index contributed by atoms with van der Waals surface area (Å²) in [5, 5.41) is 11.3. The number of aromatic nitrogens is 3. The monoisotopic (exact) mass is 747 g/mol. The molecular weight excluding hydrogens is 711 g/mol. The molecule has 280 valence electrons. The SMILES string of the molecule is C=CC(=O)OCC(COC(=O)C(C)Oc1ccc(-c2nc(-c3ccc(-c4ccccc4)cc3)nc(-c3ccc(-c4ccccc4)cc3)n2)c(O)c1)OC(=O)C=C. The molecule has 0 aliphatic rings. The van der Waals surface area contributed by atoms with Crippen molar-refractivity contribution in [3.05, 3.63) is 153 Å². The van der Waals surface area contributed by atoms with E-state index in [9.17, 15) is 19.5 Å². The minimum absolute atomic E-state index is 0.160. The van der Waals surface area contributed by atoms with Crippen LogP contribution in [0.5, 0.6) is 11.5 Å². The molecule has 6 aromatic rings. The lowest BCUT2D eigenvalue weighted by atomic mass is 10.0. The highest BCUT2D eigenvalue weighted by Crippen LogP contribution is 2.34. The Hall–Kier alpha value is -7.40. The molecule has 1 N–H and O–H groups in total. The van der Waals surface area contributed by atoms with Crippen LogP contribution in [0.2, 0.25) is 0 Å². The lowest BCUT2D eigenvalue weighted by Gasteiger charge is -2.19. The molecule has 0 bridgehead atoms. The molecule has 1 aromatic heterocycles. The average Bonchev–Trinajstić information content (AvgIpc) is 3.24. The highest BCUT2D eigenvalue weighted by molar-refractivity contribution is 5.82. The van der Waals surface area contributed by atoms with Gasteiger partial charge in [-0.15, -0.1) is 0 Å². The molecule has 0 spiro atoms. The summed E-state index contributed by atoms with van der Waals surface area (Å²) in [6.45, 7) is 7.30. The fourth-order valence-corrected chi connectivity index (χ4v) is 5.52. The second-order valence-electron chi connectivity index (χ2n) is 12.4. The predicted molar refractivity (Wildman–Crippen MR) is 211 cm³/mol. The number of ether oxygens (including phenoxy) is 4. The van der Waals surface area contributed by atoms with E-state index in [2.05, 4.69) is 13.2 Å². The van der Waals surface area contributed by atoms with E-state index in [0.717, 1.165) is 45.5 Å². The van der Waals surface area contributed by atoms with E-state index in [0.29, 0.717) is 17.2 Å². The van der Waals surface area contributed by atoms with Crippen LogP contribution in [0.25, 0.3) is 56.4 Å². The zero-order valence-electron chi connectivity index (χ0n) is 30.4. The van der Waals surface area contributed by atoms with Crippen LogP contribution in [-0.2, 0) is 28.6 Å². The molecule has 2 atom stereocenters. The minimum Gasteiger partial charge on any atom is -0.507 e. The summed E-state index contributed by atoms with van der Waals surface area (Å²) in [4.78, 5) is 50.4. The van der Waals surface area contributed by atoms with Crippen LogP contribution in [0.3, 0.4) is 0 Å². The molecule has 5 aromatic carbocycles. The van der Waals surface area contributed by atoms with Crippen molar-refractivity contribution in [2.75, 3.05) is 13.2 Å². The van der Waals surface area contributed by atoms with E-state index >= 15 is 0 Å². The number of phenols is 1. The summed E-state index contributed by atoms with van der Waals surface area (Å²) >= 11 is 0. The highest BCUT2D eigenvalue weighted by Gasteiger charge is 2.23. The normalized spacial score (nSPS) is 11.7. The van der Waals surface area contributed by atoms with Crippen LogP contribution < -0.4 is 4.74 Å². The number of benzene rings is 5. The topological polar surface area (TPSA) is 147 Å². The number of carbonyl (C=O) groups excluding carboxylic acids is 3. The van der Waals surface area contributed by atoms with Crippen molar-refractivity contribution in [2.45, 2.75) is 19.1 Å². The van der Waals surface area contributed by atoms with E-state index in [-0.39, 0.29) is 23.9 Å². The van der Waals surface area contributed by atoms with Crippen LogP contribution in [0, 0.1) is 0 Å². The Kier molecular flexibility index (Phi) is 12.4. The van der Waals surface area contributed by atoms with Crippen LogP contribution in [0.1, 0.15) is 6.92 Å². The van der Waals surface area contributed by atoms with Crippen LogP contribution in [0.15, 0.2) is 153 Å². The number of rotatable bonds is 15. The Morgan fingerprint density at radius 2 is 1.07 bits per heavy atom. The van der Waals surface area contributed by atoms with Crippen LogP contribution >= 0.6 is 0 Å². The van der Waals surface area contributed by atoms with E-state index in [1.54, 1.807) is 12.1 Å². The van der Waals surface area contributed by atoms with Gasteiger partial charge in [0.25, 0.3) is 0 Å². The van der Waals surface area contributed by atoms with Gasteiger partial charge in [0.1, 0.15) is 24.7 Å². The van der Waals surface area contributed by atoms with Crippen LogP contribution in [-0.4, -0.2) is 63.4 Å². The van der Waals surface area contributed by atoms with Crippen molar-refractivity contribution in [1.29, 1.82) is 0 Å². The average molecular weight is 748 g/mol. The molecule has 0 saturated carbocycles. The summed E-state index contributed by atoms with van der Waals surface area (Å²) in [7, 11) is 0. The first-order valence-electron chi connectivity index (χ1n) is 17.6. The molecule has 2 unspecified atom stereocenters. The number of esters is 3. The minimum atomic E-state index is -1.14. The number of hydrogen-bond acceptors (Lipinski definition) is 11. The molecule has 6 rings (SSSR count). The predicted octanol–water partition coefficient (Wildman–Crippen LogP) is 8.05. The quantitative estimate of drug-likeness (QED) is 0.0618. The largest absolute Gasteiger partial charge is 0.507 e. The fourth-order valence-electron chi connectivity index (χ4n) is 5.52. The van der Waals surface area contributed by atoms with Crippen molar-refractivity contribution in [2.24, 2.45) is 0 Å². The number of nitrogens with zero attached hydrogens (tertiary/aromatic N) is 3. The van der Waals surface area contributed by atoms with Gasteiger partial charge in [-0.05, 0) is 41.3 Å². The third-order valence-electron chi connectivity index (χ3n) is 8.43. The van der Waals surface area contributed by atoms with E-state index in [1.807, 2.05) is 109 Å². The van der Waals surface area contributed by atoms with Gasteiger partial charge in [-0.3, -0.25) is 0 Å². The van der Waals surface area contributed by atoms with Gasteiger partial charge in [-0.1, -0.05) is 122 Å². The maximum absolute atomic E-state index is 12.8. The number of aromatic hydroxyl groups is 1. The number of phenolic OH excluding ortho intramolecular Hbond substituents is 1. The van der Waals surface area contributed by atoms with Crippen molar-refractivity contribution in [1.82, 2.24) is 15.0 Å². The number of hydrogen-bond donors (Lipinski definition) is 1. The lowest BCUT2D eigenvalue weighted by Crippen LogP contribution is -2.33. The molecule has 0 saturated heterocycles. The van der Waals surface area contributed by atoms with Gasteiger partial charge >= 0.3 is 17.9 Å². The highest BCUT2D eigenvalue weighted by atomic mass is 16.6. The molecule has 11 heteroatoms. The summed E-state index contributed by atoms with van der Waals surface area (Å²) < 4.78 is 21.1. The first-order valence-corrected chi connectivity index (χ1v) is 17.6. The van der Waals surface area contributed by atoms with Crippen molar-refractivity contribution >= 4 is 17.9 Å². The van der Waals surface area contributed by atoms with Gasteiger partial charge in [0.2, 0.25) is 0 Å². The zero-order valence-corrected chi connectivity index (χ0v) is 30.4. The molecular formula is C45H37N3O8. The molecule has 11 nitrogen and oxygen atoms in total. The van der Waals surface area contributed by atoms with Gasteiger partial charge in [0.15, 0.2) is 29.7 Å². The third-order valence-corrected chi connectivity index (χ3v) is 8.43. The van der Waals surface area contributed by atoms with E-state index < -0.39 is 36.7 Å². The van der Waals surface area contributed by atoms with Crippen molar-refractivity contribution < 1.29 is 38.4 Å². The Bertz CT molecular complexity index is 2230. The third kappa shape index (κ3) is 9.77. The fraction of sp³-hybridized carbons (Fsp3) is 0.111. The van der Waals surface area contributed by atoms with Gasteiger partial charge < -0.3 is 24.1 Å². The molecule has 0 aliphatic heterocycles. The van der Waals surface area contributed by atoms with Gasteiger partial charge in [-0.2, -0.15) is 0 Å². The standard InChI is InChI=1S/C45H37N3O8/c1-4-40(50)53-27-37(56-41(51)5-2)28-54-45(52)29(3)55-36-24-25-38(39(49)26-36)44-47-42(34-20-16-32(17-21-34)30-12-8-6-9-13-30)46-43(48-44)35-22-18-33(19-23-35)31-14-10-7-11-15-31/h4-26,29,37,49H,1-2,27-28H2,3H3. The molecule has 0 amide bonds. The Morgan fingerprint density at radius 1 is 0.607 bits per heavy atom. The summed E-state index contributed by atoms with van der Waals surface area (Å²) in [6.07, 6.45) is -0.359. The second kappa shape index (κ2) is 18.1. The van der Waals surface area contributed by atoms with Crippen molar-refractivity contribution in [3.63, 3.8) is 0 Å². The van der Waals surface area contributed by atoms with Crippen LogP contribution in [0.4, 0.5) is 0 Å². The Morgan fingerprint density at radius 3 is 1.57 bits per heavy atom. The zero-order chi connectivity index (χ0) is 39.4. The smallest absolute Gasteiger partial charge is 0.347 e. The van der Waals surface area contributed by atoms with Crippen molar-refractivity contribution in [3.8, 4) is 67.9 Å². The van der Waals surface area contributed by atoms with Gasteiger partial charge in [0, 0.05) is 29.3 Å². The summed E-state index contributed by atoms with van der Waals surface area (Å²) in [5.74, 6) is -1.34. The Balaban J connectivity index is 1.24. The maximum atomic E-state index is 12.8. The second-order valence-corrected chi connectivity index (χ2v) is 12.4. The molecule has 0 radical (unpaired) electrons. The first-order chi connectivity index (χ1) is 27.2. The van der Waals surface area contributed by atoms with E-state index in [4.69, 9.17) is 33.9 Å². The molecule has 1 heterocycles. The first kappa shape index (κ1) is 38.3. The lowest BCUT2D eigenvalue weighted by molar-refractivity contribution is -0.165.